The summed E-state index contributed by atoms with van der Waals surface area (Å²) in [5.41, 5.74) is 0.594. The standard InChI is InChI=1S/C15H21N5O3/c1-12(10-20-6-5-16-11-20)18-15(21)19-13-3-4-14(17-9-13)23-8-7-22-2/h3-6,9,11-12H,7-8,10H2,1-2H3,(H2,18,19,21)/t12-/m1/s1. The number of carbonyl (C=O) groups is 1. The van der Waals surface area contributed by atoms with Crippen LogP contribution in [0.2, 0.25) is 0 Å². The Bertz CT molecular complexity index is 586. The molecule has 2 heterocycles. The van der Waals surface area contributed by atoms with Crippen LogP contribution in [0.1, 0.15) is 6.92 Å². The maximum absolute atomic E-state index is 11.9. The lowest BCUT2D eigenvalue weighted by Crippen LogP contribution is -2.38. The monoisotopic (exact) mass is 319 g/mol. The van der Waals surface area contributed by atoms with Gasteiger partial charge in [0.15, 0.2) is 0 Å². The lowest BCUT2D eigenvalue weighted by molar-refractivity contribution is 0.144. The number of amides is 2. The molecular weight excluding hydrogens is 298 g/mol. The summed E-state index contributed by atoms with van der Waals surface area (Å²) in [6, 6.07) is 3.11. The minimum absolute atomic E-state index is 0.0335. The van der Waals surface area contributed by atoms with Crippen LogP contribution in [0, 0.1) is 0 Å². The molecular formula is C15H21N5O3. The third-order valence-corrected chi connectivity index (χ3v) is 2.95. The smallest absolute Gasteiger partial charge is 0.319 e. The first-order valence-electron chi connectivity index (χ1n) is 7.28. The highest BCUT2D eigenvalue weighted by molar-refractivity contribution is 5.89. The van der Waals surface area contributed by atoms with Gasteiger partial charge >= 0.3 is 6.03 Å². The van der Waals surface area contributed by atoms with Crippen molar-refractivity contribution in [2.24, 2.45) is 0 Å². The highest BCUT2D eigenvalue weighted by atomic mass is 16.5. The Morgan fingerprint density at radius 3 is 2.91 bits per heavy atom. The fraction of sp³-hybridized carbons (Fsp3) is 0.400. The number of anilines is 1. The van der Waals surface area contributed by atoms with Crippen LogP contribution in [0.15, 0.2) is 37.1 Å². The molecule has 2 aromatic heterocycles. The van der Waals surface area contributed by atoms with Crippen molar-refractivity contribution in [2.75, 3.05) is 25.6 Å². The van der Waals surface area contributed by atoms with Crippen molar-refractivity contribution < 1.29 is 14.3 Å². The van der Waals surface area contributed by atoms with Crippen molar-refractivity contribution in [2.45, 2.75) is 19.5 Å². The van der Waals surface area contributed by atoms with E-state index in [4.69, 9.17) is 9.47 Å². The van der Waals surface area contributed by atoms with Crippen LogP contribution in [-0.2, 0) is 11.3 Å². The second kappa shape index (κ2) is 8.74. The molecule has 8 nitrogen and oxygen atoms in total. The van der Waals surface area contributed by atoms with Crippen molar-refractivity contribution in [1.29, 1.82) is 0 Å². The van der Waals surface area contributed by atoms with E-state index in [1.807, 2.05) is 17.7 Å². The largest absolute Gasteiger partial charge is 0.475 e. The summed E-state index contributed by atoms with van der Waals surface area (Å²) in [6.07, 6.45) is 6.81. The van der Waals surface area contributed by atoms with Crippen molar-refractivity contribution in [1.82, 2.24) is 19.9 Å². The molecule has 0 saturated heterocycles. The maximum atomic E-state index is 11.9. The van der Waals surface area contributed by atoms with E-state index < -0.39 is 0 Å². The summed E-state index contributed by atoms with van der Waals surface area (Å²) in [5, 5.41) is 5.58. The van der Waals surface area contributed by atoms with E-state index in [-0.39, 0.29) is 12.1 Å². The van der Waals surface area contributed by atoms with E-state index in [0.717, 1.165) is 0 Å². The summed E-state index contributed by atoms with van der Waals surface area (Å²) in [7, 11) is 1.61. The average Bonchev–Trinajstić information content (AvgIpc) is 3.02. The van der Waals surface area contributed by atoms with Gasteiger partial charge < -0.3 is 24.7 Å². The number of hydrogen-bond donors (Lipinski definition) is 2. The molecule has 2 amide bonds. The van der Waals surface area contributed by atoms with Gasteiger partial charge in [0.05, 0.1) is 24.8 Å². The minimum Gasteiger partial charge on any atom is -0.475 e. The van der Waals surface area contributed by atoms with Crippen LogP contribution in [-0.4, -0.2) is 46.9 Å². The summed E-state index contributed by atoms with van der Waals surface area (Å²) >= 11 is 0. The van der Waals surface area contributed by atoms with E-state index in [1.54, 1.807) is 38.0 Å². The number of imidazole rings is 1. The molecule has 23 heavy (non-hydrogen) atoms. The Balaban J connectivity index is 1.76. The fourth-order valence-corrected chi connectivity index (χ4v) is 1.92. The van der Waals surface area contributed by atoms with Gasteiger partial charge in [0.1, 0.15) is 6.61 Å². The van der Waals surface area contributed by atoms with E-state index in [2.05, 4.69) is 20.6 Å². The SMILES string of the molecule is COCCOc1ccc(NC(=O)N[C@H](C)Cn2ccnc2)cn1. The molecule has 0 aliphatic rings. The molecule has 0 aromatic carbocycles. The molecule has 0 unspecified atom stereocenters. The van der Waals surface area contributed by atoms with E-state index in [1.165, 1.54) is 0 Å². The zero-order valence-electron chi connectivity index (χ0n) is 13.2. The number of nitrogens with zero attached hydrogens (tertiary/aromatic N) is 3. The van der Waals surface area contributed by atoms with Crippen molar-refractivity contribution in [3.05, 3.63) is 37.1 Å². The molecule has 2 aromatic rings. The summed E-state index contributed by atoms with van der Waals surface area (Å²) < 4.78 is 12.1. The van der Waals surface area contributed by atoms with Gasteiger partial charge in [-0.2, -0.15) is 0 Å². The number of aromatic nitrogens is 3. The topological polar surface area (TPSA) is 90.3 Å². The third kappa shape index (κ3) is 5.95. The molecule has 124 valence electrons. The molecule has 0 bridgehead atoms. The van der Waals surface area contributed by atoms with Crippen LogP contribution in [0.3, 0.4) is 0 Å². The van der Waals surface area contributed by atoms with E-state index in [9.17, 15) is 4.79 Å². The maximum Gasteiger partial charge on any atom is 0.319 e. The molecule has 0 saturated carbocycles. The number of methoxy groups -OCH3 is 1. The molecule has 0 spiro atoms. The Kier molecular flexibility index (Phi) is 6.37. The number of nitrogens with one attached hydrogen (secondary N) is 2. The minimum atomic E-state index is -0.285. The zero-order valence-corrected chi connectivity index (χ0v) is 13.2. The van der Waals surface area contributed by atoms with E-state index in [0.29, 0.717) is 31.3 Å². The van der Waals surface area contributed by atoms with Crippen molar-refractivity contribution in [3.63, 3.8) is 0 Å². The molecule has 0 radical (unpaired) electrons. The summed E-state index contributed by atoms with van der Waals surface area (Å²) in [4.78, 5) is 20.0. The second-order valence-corrected chi connectivity index (χ2v) is 4.99. The molecule has 0 aliphatic carbocycles. The summed E-state index contributed by atoms with van der Waals surface area (Å²) in [5.74, 6) is 0.487. The number of carbonyl (C=O) groups excluding carboxylic acids is 1. The highest BCUT2D eigenvalue weighted by Gasteiger charge is 2.08. The molecule has 0 fully saturated rings. The average molecular weight is 319 g/mol. The van der Waals surface area contributed by atoms with E-state index >= 15 is 0 Å². The Morgan fingerprint density at radius 2 is 2.26 bits per heavy atom. The predicted octanol–water partition coefficient (Wildman–Crippen LogP) is 1.51. The van der Waals surface area contributed by atoms with Crippen LogP contribution in [0.25, 0.3) is 0 Å². The van der Waals surface area contributed by atoms with Gasteiger partial charge in [-0.1, -0.05) is 0 Å². The van der Waals surface area contributed by atoms with Gasteiger partial charge in [-0.05, 0) is 13.0 Å². The van der Waals surface area contributed by atoms with Gasteiger partial charge in [0.25, 0.3) is 0 Å². The Hall–Kier alpha value is -2.61. The first-order valence-corrected chi connectivity index (χ1v) is 7.28. The lowest BCUT2D eigenvalue weighted by atomic mass is 10.3. The van der Waals surface area contributed by atoms with Crippen LogP contribution in [0.4, 0.5) is 10.5 Å². The summed E-state index contributed by atoms with van der Waals surface area (Å²) in [6.45, 7) is 3.50. The quantitative estimate of drug-likeness (QED) is 0.720. The van der Waals surface area contributed by atoms with Crippen molar-refractivity contribution in [3.8, 4) is 5.88 Å². The van der Waals surface area contributed by atoms with Gasteiger partial charge in [0.2, 0.25) is 5.88 Å². The van der Waals surface area contributed by atoms with Crippen LogP contribution >= 0.6 is 0 Å². The van der Waals surface area contributed by atoms with Gasteiger partial charge in [0, 0.05) is 38.2 Å². The van der Waals surface area contributed by atoms with Gasteiger partial charge in [-0.3, -0.25) is 0 Å². The molecule has 2 rings (SSSR count). The Morgan fingerprint density at radius 1 is 1.39 bits per heavy atom. The number of pyridine rings is 1. The highest BCUT2D eigenvalue weighted by Crippen LogP contribution is 2.11. The Labute approximate surface area is 134 Å². The predicted molar refractivity (Wildman–Crippen MR) is 85.5 cm³/mol. The van der Waals surface area contributed by atoms with Crippen LogP contribution in [0.5, 0.6) is 5.88 Å². The van der Waals surface area contributed by atoms with Crippen molar-refractivity contribution >= 4 is 11.7 Å². The normalized spacial score (nSPS) is 11.7. The number of rotatable bonds is 8. The van der Waals surface area contributed by atoms with Gasteiger partial charge in [-0.15, -0.1) is 0 Å². The molecule has 0 aliphatic heterocycles. The van der Waals surface area contributed by atoms with Gasteiger partial charge in [-0.25, -0.2) is 14.8 Å². The first kappa shape index (κ1) is 16.8. The lowest BCUT2D eigenvalue weighted by Gasteiger charge is -2.15. The second-order valence-electron chi connectivity index (χ2n) is 4.99. The number of hydrogen-bond acceptors (Lipinski definition) is 5. The molecule has 2 N–H and O–H groups in total. The number of urea groups is 1. The third-order valence-electron chi connectivity index (χ3n) is 2.95. The fourth-order valence-electron chi connectivity index (χ4n) is 1.92. The molecule has 8 heteroatoms. The number of ether oxygens (including phenoxy) is 2. The zero-order chi connectivity index (χ0) is 16.5. The molecule has 1 atom stereocenters. The first-order chi connectivity index (χ1) is 11.2. The van der Waals surface area contributed by atoms with Crippen LogP contribution < -0.4 is 15.4 Å².